The lowest BCUT2D eigenvalue weighted by molar-refractivity contribution is -0.130. The SMILES string of the molecule is Cc1ccc(OC2[CH]C=CC=C2C2=CN(C)C(=O)C3NCCC23)cc1.[HH]. The van der Waals surface area contributed by atoms with Gasteiger partial charge >= 0.3 is 0 Å². The molecule has 3 atom stereocenters. The van der Waals surface area contributed by atoms with E-state index in [-0.39, 0.29) is 25.4 Å². The minimum absolute atomic E-state index is 0. The number of nitrogens with one attached hydrogen (secondary N) is 1. The molecule has 25 heavy (non-hydrogen) atoms. The number of ether oxygens (including phenoxy) is 1. The number of hydrogen-bond donors (Lipinski definition) is 1. The third-order valence-electron chi connectivity index (χ3n) is 5.16. The lowest BCUT2D eigenvalue weighted by Gasteiger charge is -2.35. The van der Waals surface area contributed by atoms with E-state index in [4.69, 9.17) is 4.74 Å². The molecule has 4 nitrogen and oxygen atoms in total. The number of rotatable bonds is 3. The lowest BCUT2D eigenvalue weighted by Crippen LogP contribution is -2.47. The maximum atomic E-state index is 12.4. The van der Waals surface area contributed by atoms with Crippen LogP contribution in [0.2, 0.25) is 0 Å². The van der Waals surface area contributed by atoms with Gasteiger partial charge in [0.05, 0.1) is 6.04 Å². The molecule has 0 saturated carbocycles. The molecule has 3 aliphatic rings. The molecular formula is C21H25N2O2. The van der Waals surface area contributed by atoms with Crippen LogP contribution in [0.15, 0.2) is 59.8 Å². The van der Waals surface area contributed by atoms with Gasteiger partial charge in [0.2, 0.25) is 5.91 Å². The van der Waals surface area contributed by atoms with Crippen molar-refractivity contribution < 1.29 is 11.0 Å². The van der Waals surface area contributed by atoms with Crippen molar-refractivity contribution in [1.29, 1.82) is 0 Å². The van der Waals surface area contributed by atoms with Crippen molar-refractivity contribution in [2.45, 2.75) is 25.5 Å². The van der Waals surface area contributed by atoms with Gasteiger partial charge in [-0.2, -0.15) is 0 Å². The van der Waals surface area contributed by atoms with Gasteiger partial charge in [0.1, 0.15) is 11.9 Å². The van der Waals surface area contributed by atoms with Gasteiger partial charge in [-0.3, -0.25) is 4.79 Å². The van der Waals surface area contributed by atoms with Crippen LogP contribution in [-0.2, 0) is 4.79 Å². The van der Waals surface area contributed by atoms with Crippen LogP contribution in [0.25, 0.3) is 0 Å². The normalized spacial score (nSPS) is 28.5. The molecule has 1 aliphatic carbocycles. The molecule has 1 saturated heterocycles. The summed E-state index contributed by atoms with van der Waals surface area (Å²) in [5.41, 5.74) is 3.56. The molecule has 4 rings (SSSR count). The maximum Gasteiger partial charge on any atom is 0.244 e. The summed E-state index contributed by atoms with van der Waals surface area (Å²) in [4.78, 5) is 14.1. The van der Waals surface area contributed by atoms with Crippen molar-refractivity contribution in [1.82, 2.24) is 10.2 Å². The van der Waals surface area contributed by atoms with E-state index in [0.717, 1.165) is 24.3 Å². The number of carbonyl (C=O) groups is 1. The topological polar surface area (TPSA) is 41.6 Å². The zero-order valence-electron chi connectivity index (χ0n) is 14.6. The van der Waals surface area contributed by atoms with Gasteiger partial charge in [-0.1, -0.05) is 35.9 Å². The average Bonchev–Trinajstić information content (AvgIpc) is 3.11. The van der Waals surface area contributed by atoms with E-state index in [2.05, 4.69) is 36.9 Å². The minimum Gasteiger partial charge on any atom is -0.485 e. The molecular weight excluding hydrogens is 312 g/mol. The monoisotopic (exact) mass is 337 g/mol. The molecule has 0 bridgehead atoms. The molecule has 2 heterocycles. The molecule has 1 radical (unpaired) electrons. The van der Waals surface area contributed by atoms with Crippen molar-refractivity contribution >= 4 is 5.91 Å². The Morgan fingerprint density at radius 3 is 2.80 bits per heavy atom. The van der Waals surface area contributed by atoms with Crippen LogP contribution in [-0.4, -0.2) is 36.5 Å². The van der Waals surface area contributed by atoms with Gasteiger partial charge in [-0.15, -0.1) is 0 Å². The summed E-state index contributed by atoms with van der Waals surface area (Å²) >= 11 is 0. The highest BCUT2D eigenvalue weighted by Gasteiger charge is 2.42. The van der Waals surface area contributed by atoms with Crippen LogP contribution < -0.4 is 10.1 Å². The number of fused-ring (bicyclic) bond motifs is 1. The number of benzene rings is 1. The Morgan fingerprint density at radius 2 is 2.00 bits per heavy atom. The number of allylic oxidation sites excluding steroid dienone is 2. The Balaban J connectivity index is 0.00000196. The summed E-state index contributed by atoms with van der Waals surface area (Å²) in [6.07, 6.45) is 11.1. The average molecular weight is 337 g/mol. The van der Waals surface area contributed by atoms with Gasteiger partial charge in [0.25, 0.3) is 0 Å². The van der Waals surface area contributed by atoms with Crippen molar-refractivity contribution in [3.8, 4) is 5.75 Å². The second kappa shape index (κ2) is 6.52. The first-order valence-corrected chi connectivity index (χ1v) is 8.80. The fourth-order valence-corrected chi connectivity index (χ4v) is 3.82. The van der Waals surface area contributed by atoms with Crippen molar-refractivity contribution in [2.75, 3.05) is 13.6 Å². The summed E-state index contributed by atoms with van der Waals surface area (Å²) in [7, 11) is 1.83. The molecule has 3 unspecified atom stereocenters. The molecule has 0 aromatic heterocycles. The fraction of sp³-hybridized carbons (Fsp3) is 0.333. The second-order valence-electron chi connectivity index (χ2n) is 6.91. The molecule has 0 spiro atoms. The molecule has 2 aliphatic heterocycles. The van der Waals surface area contributed by atoms with Crippen LogP contribution in [0.5, 0.6) is 5.75 Å². The van der Waals surface area contributed by atoms with E-state index in [1.165, 1.54) is 11.1 Å². The van der Waals surface area contributed by atoms with Gasteiger partial charge in [0, 0.05) is 27.0 Å². The van der Waals surface area contributed by atoms with Crippen LogP contribution in [0, 0.1) is 19.3 Å². The van der Waals surface area contributed by atoms with Crippen LogP contribution in [0.3, 0.4) is 0 Å². The molecule has 1 fully saturated rings. The predicted octanol–water partition coefficient (Wildman–Crippen LogP) is 3.02. The summed E-state index contributed by atoms with van der Waals surface area (Å²) in [5.74, 6) is 1.23. The van der Waals surface area contributed by atoms with E-state index < -0.39 is 0 Å². The second-order valence-corrected chi connectivity index (χ2v) is 6.91. The standard InChI is InChI=1S/C21H23N2O2.H2/c1-14-7-9-15(10-8-14)25-19-6-4-3-5-16(19)18-13-23(2)21(24)20-17(18)11-12-22-20;/h3-10,13,17,19-20,22H,11-12H2,1-2H3;1H. The van der Waals surface area contributed by atoms with Gasteiger partial charge < -0.3 is 15.0 Å². The zero-order valence-corrected chi connectivity index (χ0v) is 14.6. The number of nitrogens with zero attached hydrogens (tertiary/aromatic N) is 1. The highest BCUT2D eigenvalue weighted by molar-refractivity contribution is 5.85. The highest BCUT2D eigenvalue weighted by Crippen LogP contribution is 2.37. The summed E-state index contributed by atoms with van der Waals surface area (Å²) < 4.78 is 6.25. The van der Waals surface area contributed by atoms with E-state index in [1.54, 1.807) is 4.90 Å². The van der Waals surface area contributed by atoms with E-state index >= 15 is 0 Å². The third kappa shape index (κ3) is 3.02. The van der Waals surface area contributed by atoms with Crippen molar-refractivity contribution in [3.05, 3.63) is 71.8 Å². The molecule has 1 aromatic rings. The maximum absolute atomic E-state index is 12.4. The van der Waals surface area contributed by atoms with E-state index in [1.807, 2.05) is 37.5 Å². The van der Waals surface area contributed by atoms with Gasteiger partial charge in [-0.05, 0) is 43.2 Å². The van der Waals surface area contributed by atoms with Crippen LogP contribution >= 0.6 is 0 Å². The largest absolute Gasteiger partial charge is 0.485 e. The molecule has 1 N–H and O–H groups in total. The number of amides is 1. The first-order valence-electron chi connectivity index (χ1n) is 8.80. The van der Waals surface area contributed by atoms with Crippen molar-refractivity contribution in [2.24, 2.45) is 5.92 Å². The minimum atomic E-state index is -0.137. The Labute approximate surface area is 150 Å². The van der Waals surface area contributed by atoms with Gasteiger partial charge in [-0.25, -0.2) is 0 Å². The van der Waals surface area contributed by atoms with E-state index in [0.29, 0.717) is 0 Å². The van der Waals surface area contributed by atoms with Crippen LogP contribution in [0.4, 0.5) is 0 Å². The Morgan fingerprint density at radius 1 is 1.20 bits per heavy atom. The first-order chi connectivity index (χ1) is 12.1. The molecule has 1 amide bonds. The summed E-state index contributed by atoms with van der Waals surface area (Å²) in [5, 5.41) is 3.35. The number of aryl methyl sites for hydroxylation is 1. The first kappa shape index (κ1) is 16.2. The van der Waals surface area contributed by atoms with Crippen LogP contribution in [0.1, 0.15) is 13.4 Å². The molecule has 131 valence electrons. The summed E-state index contributed by atoms with van der Waals surface area (Å²) in [6.45, 7) is 2.94. The fourth-order valence-electron chi connectivity index (χ4n) is 3.82. The number of carbonyl (C=O) groups excluding carboxylic acids is 1. The summed E-state index contributed by atoms with van der Waals surface area (Å²) in [6, 6.07) is 8.01. The van der Waals surface area contributed by atoms with E-state index in [9.17, 15) is 4.79 Å². The predicted molar refractivity (Wildman–Crippen MR) is 100.0 cm³/mol. The Hall–Kier alpha value is -2.33. The smallest absolute Gasteiger partial charge is 0.244 e. The zero-order chi connectivity index (χ0) is 17.4. The van der Waals surface area contributed by atoms with Crippen molar-refractivity contribution in [3.63, 3.8) is 0 Å². The Bertz CT molecular complexity index is 767. The quantitative estimate of drug-likeness (QED) is 0.922. The lowest BCUT2D eigenvalue weighted by atomic mass is 9.80. The third-order valence-corrected chi connectivity index (χ3v) is 5.16. The molecule has 4 heteroatoms. The number of hydrogen-bond acceptors (Lipinski definition) is 3. The number of likely N-dealkylation sites (N-methyl/N-ethyl adjacent to an activating group) is 1. The van der Waals surface area contributed by atoms with Gasteiger partial charge in [0.15, 0.2) is 0 Å². The Kier molecular flexibility index (Phi) is 4.22. The molecule has 1 aromatic carbocycles. The highest BCUT2D eigenvalue weighted by atomic mass is 16.5.